The number of carbonyl (C=O) groups is 1. The molecular weight excluding hydrogens is 390 g/mol. The van der Waals surface area contributed by atoms with E-state index in [0.29, 0.717) is 24.8 Å². The number of hydrogen-bond donors (Lipinski definition) is 1. The van der Waals surface area contributed by atoms with Gasteiger partial charge in [-0.1, -0.05) is 50.2 Å². The molecule has 162 valence electrons. The summed E-state index contributed by atoms with van der Waals surface area (Å²) in [5, 5.41) is 3.07. The maximum absolute atomic E-state index is 12.9. The second kappa shape index (κ2) is 8.94. The van der Waals surface area contributed by atoms with Crippen molar-refractivity contribution in [3.63, 3.8) is 0 Å². The van der Waals surface area contributed by atoms with Crippen LogP contribution in [0.1, 0.15) is 71.7 Å². The Morgan fingerprint density at radius 1 is 1.10 bits per heavy atom. The standard InChI is InChI=1S/C25H29N3O3/c1-16(2)18-5-7-19(8-6-18)17(3)27-25(29)24-22-14-31-23(13-28(22)15-26-24)20-9-11-21(30-4)12-10-20/h5-12,15-17,23H,13-14H2,1-4H3,(H,27,29)/t17-,23+/m1/s1. The molecule has 1 N–H and O–H groups in total. The molecule has 2 aromatic carbocycles. The lowest BCUT2D eigenvalue weighted by molar-refractivity contribution is 0.00254. The van der Waals surface area contributed by atoms with Crippen molar-refractivity contribution in [2.24, 2.45) is 0 Å². The predicted molar refractivity (Wildman–Crippen MR) is 119 cm³/mol. The lowest BCUT2D eigenvalue weighted by Gasteiger charge is -2.26. The first-order valence-corrected chi connectivity index (χ1v) is 10.7. The second-order valence-corrected chi connectivity index (χ2v) is 8.28. The predicted octanol–water partition coefficient (Wildman–Crippen LogP) is 4.78. The molecule has 0 saturated carbocycles. The van der Waals surface area contributed by atoms with Gasteiger partial charge in [0.25, 0.3) is 5.91 Å². The molecule has 3 aromatic rings. The van der Waals surface area contributed by atoms with E-state index < -0.39 is 0 Å². The van der Waals surface area contributed by atoms with E-state index in [4.69, 9.17) is 9.47 Å². The highest BCUT2D eigenvalue weighted by Crippen LogP contribution is 2.29. The normalized spacial score (nSPS) is 16.6. The number of nitrogens with zero attached hydrogens (tertiary/aromatic N) is 2. The van der Waals surface area contributed by atoms with Crippen LogP contribution >= 0.6 is 0 Å². The third-order valence-corrected chi connectivity index (χ3v) is 5.88. The summed E-state index contributed by atoms with van der Waals surface area (Å²) in [6.07, 6.45) is 1.65. The Morgan fingerprint density at radius 2 is 1.77 bits per heavy atom. The van der Waals surface area contributed by atoms with Crippen LogP contribution in [0.4, 0.5) is 0 Å². The highest BCUT2D eigenvalue weighted by molar-refractivity contribution is 5.93. The molecule has 0 spiro atoms. The molecule has 0 bridgehead atoms. The Labute approximate surface area is 183 Å². The van der Waals surface area contributed by atoms with E-state index in [0.717, 1.165) is 22.6 Å². The molecule has 6 heteroatoms. The Balaban J connectivity index is 1.43. The molecule has 2 heterocycles. The van der Waals surface area contributed by atoms with E-state index in [1.54, 1.807) is 13.4 Å². The number of benzene rings is 2. The molecule has 1 aliphatic rings. The van der Waals surface area contributed by atoms with Crippen LogP contribution in [0.15, 0.2) is 54.9 Å². The van der Waals surface area contributed by atoms with E-state index in [1.165, 1.54) is 5.56 Å². The van der Waals surface area contributed by atoms with Gasteiger partial charge in [-0.3, -0.25) is 4.79 Å². The smallest absolute Gasteiger partial charge is 0.272 e. The molecule has 1 aromatic heterocycles. The van der Waals surface area contributed by atoms with E-state index >= 15 is 0 Å². The zero-order chi connectivity index (χ0) is 22.0. The number of carbonyl (C=O) groups excluding carboxylic acids is 1. The summed E-state index contributed by atoms with van der Waals surface area (Å²) in [6.45, 7) is 7.29. The fourth-order valence-corrected chi connectivity index (χ4v) is 3.85. The number of imidazole rings is 1. The topological polar surface area (TPSA) is 65.4 Å². The Morgan fingerprint density at radius 3 is 2.42 bits per heavy atom. The van der Waals surface area contributed by atoms with Gasteiger partial charge in [-0.25, -0.2) is 4.98 Å². The average molecular weight is 420 g/mol. The number of methoxy groups -OCH3 is 1. The van der Waals surface area contributed by atoms with Crippen LogP contribution in [0.5, 0.6) is 5.75 Å². The van der Waals surface area contributed by atoms with Crippen LogP contribution in [-0.4, -0.2) is 22.6 Å². The highest BCUT2D eigenvalue weighted by atomic mass is 16.5. The first-order chi connectivity index (χ1) is 15.0. The third-order valence-electron chi connectivity index (χ3n) is 5.88. The average Bonchev–Trinajstić information content (AvgIpc) is 3.22. The van der Waals surface area contributed by atoms with E-state index in [1.807, 2.05) is 35.8 Å². The van der Waals surface area contributed by atoms with Crippen LogP contribution < -0.4 is 10.1 Å². The summed E-state index contributed by atoms with van der Waals surface area (Å²) >= 11 is 0. The fraction of sp³-hybridized carbons (Fsp3) is 0.360. The van der Waals surface area contributed by atoms with E-state index in [-0.39, 0.29) is 18.1 Å². The van der Waals surface area contributed by atoms with Gasteiger partial charge in [0.2, 0.25) is 0 Å². The minimum atomic E-state index is -0.180. The number of rotatable bonds is 6. The minimum Gasteiger partial charge on any atom is -0.497 e. The molecule has 31 heavy (non-hydrogen) atoms. The maximum Gasteiger partial charge on any atom is 0.272 e. The van der Waals surface area contributed by atoms with Crippen molar-refractivity contribution in [1.82, 2.24) is 14.9 Å². The van der Waals surface area contributed by atoms with Crippen molar-refractivity contribution < 1.29 is 14.3 Å². The molecule has 0 radical (unpaired) electrons. The Hall–Kier alpha value is -3.12. The lowest BCUT2D eigenvalue weighted by atomic mass is 9.99. The number of ether oxygens (including phenoxy) is 2. The molecule has 1 aliphatic heterocycles. The number of aromatic nitrogens is 2. The lowest BCUT2D eigenvalue weighted by Crippen LogP contribution is -2.29. The zero-order valence-corrected chi connectivity index (χ0v) is 18.5. The van der Waals surface area contributed by atoms with Crippen LogP contribution in [0, 0.1) is 0 Å². The van der Waals surface area contributed by atoms with Crippen LogP contribution in [0.25, 0.3) is 0 Å². The first kappa shape index (κ1) is 21.1. The van der Waals surface area contributed by atoms with Gasteiger partial charge < -0.3 is 19.4 Å². The van der Waals surface area contributed by atoms with Gasteiger partial charge in [0.15, 0.2) is 5.69 Å². The van der Waals surface area contributed by atoms with Crippen molar-refractivity contribution >= 4 is 5.91 Å². The maximum atomic E-state index is 12.9. The van der Waals surface area contributed by atoms with Gasteiger partial charge in [0.1, 0.15) is 11.9 Å². The number of hydrogen-bond acceptors (Lipinski definition) is 4. The van der Waals surface area contributed by atoms with Crippen LogP contribution in [0.2, 0.25) is 0 Å². The summed E-state index contributed by atoms with van der Waals surface area (Å²) in [4.78, 5) is 17.3. The summed E-state index contributed by atoms with van der Waals surface area (Å²) < 4.78 is 13.3. The van der Waals surface area contributed by atoms with Crippen molar-refractivity contribution in [1.29, 1.82) is 0 Å². The third kappa shape index (κ3) is 4.49. The van der Waals surface area contributed by atoms with Crippen molar-refractivity contribution in [2.45, 2.75) is 52.0 Å². The Bertz CT molecular complexity index is 1040. The molecule has 0 fully saturated rings. The van der Waals surface area contributed by atoms with Crippen LogP contribution in [-0.2, 0) is 17.9 Å². The number of nitrogens with one attached hydrogen (secondary N) is 1. The van der Waals surface area contributed by atoms with Gasteiger partial charge >= 0.3 is 0 Å². The molecule has 0 unspecified atom stereocenters. The molecule has 0 saturated heterocycles. The van der Waals surface area contributed by atoms with Gasteiger partial charge in [-0.15, -0.1) is 0 Å². The molecule has 0 aliphatic carbocycles. The summed E-state index contributed by atoms with van der Waals surface area (Å²) in [5.41, 5.74) is 4.67. The zero-order valence-electron chi connectivity index (χ0n) is 18.5. The molecule has 1 amide bonds. The van der Waals surface area contributed by atoms with Gasteiger partial charge in [0.05, 0.1) is 38.3 Å². The molecule has 6 nitrogen and oxygen atoms in total. The van der Waals surface area contributed by atoms with E-state index in [2.05, 4.69) is 48.4 Å². The second-order valence-electron chi connectivity index (χ2n) is 8.28. The van der Waals surface area contributed by atoms with Crippen molar-refractivity contribution in [3.05, 3.63) is 82.9 Å². The number of amides is 1. The largest absolute Gasteiger partial charge is 0.497 e. The first-order valence-electron chi connectivity index (χ1n) is 10.7. The fourth-order valence-electron chi connectivity index (χ4n) is 3.85. The monoisotopic (exact) mass is 419 g/mol. The molecule has 4 rings (SSSR count). The van der Waals surface area contributed by atoms with Crippen molar-refractivity contribution in [3.8, 4) is 5.75 Å². The van der Waals surface area contributed by atoms with Gasteiger partial charge in [-0.2, -0.15) is 0 Å². The quantitative estimate of drug-likeness (QED) is 0.625. The minimum absolute atomic E-state index is 0.0816. The van der Waals surface area contributed by atoms with Gasteiger partial charge in [0, 0.05) is 0 Å². The summed E-state index contributed by atoms with van der Waals surface area (Å²) in [6, 6.07) is 16.1. The van der Waals surface area contributed by atoms with Gasteiger partial charge in [-0.05, 0) is 41.7 Å². The van der Waals surface area contributed by atoms with Crippen molar-refractivity contribution in [2.75, 3.05) is 7.11 Å². The number of fused-ring (bicyclic) bond motifs is 1. The summed E-state index contributed by atoms with van der Waals surface area (Å²) in [5.74, 6) is 1.12. The molecular formula is C25H29N3O3. The van der Waals surface area contributed by atoms with E-state index in [9.17, 15) is 4.79 Å². The SMILES string of the molecule is COc1ccc([C@@H]2Cn3cnc(C(=O)N[C@H](C)c4ccc(C(C)C)cc4)c3CO2)cc1. The highest BCUT2D eigenvalue weighted by Gasteiger charge is 2.27. The summed E-state index contributed by atoms with van der Waals surface area (Å²) in [7, 11) is 1.65. The Kier molecular flexibility index (Phi) is 6.09. The van der Waals surface area contributed by atoms with Crippen LogP contribution in [0.3, 0.4) is 0 Å². The molecule has 2 atom stereocenters.